The van der Waals surface area contributed by atoms with Gasteiger partial charge in [-0.05, 0) is 55.0 Å². The number of rotatable bonds is 6. The molecule has 28 heavy (non-hydrogen) atoms. The summed E-state index contributed by atoms with van der Waals surface area (Å²) >= 11 is 0. The van der Waals surface area contributed by atoms with Crippen molar-refractivity contribution in [2.24, 2.45) is 5.92 Å². The Labute approximate surface area is 165 Å². The van der Waals surface area contributed by atoms with E-state index in [9.17, 15) is 4.79 Å². The second-order valence-corrected chi connectivity index (χ2v) is 7.55. The van der Waals surface area contributed by atoms with Crippen LogP contribution < -0.4 is 10.2 Å². The Hall–Kier alpha value is -2.82. The zero-order valence-electron chi connectivity index (χ0n) is 16.4. The van der Waals surface area contributed by atoms with Crippen molar-refractivity contribution in [3.63, 3.8) is 0 Å². The maximum absolute atomic E-state index is 12.4. The monoisotopic (exact) mass is 377 g/mol. The molecule has 1 fully saturated rings. The summed E-state index contributed by atoms with van der Waals surface area (Å²) in [6.07, 6.45) is 4.22. The van der Waals surface area contributed by atoms with E-state index in [4.69, 9.17) is 4.42 Å². The third kappa shape index (κ3) is 4.19. The van der Waals surface area contributed by atoms with Crippen LogP contribution in [0.3, 0.4) is 0 Å². The van der Waals surface area contributed by atoms with Gasteiger partial charge in [0.1, 0.15) is 5.52 Å². The normalized spacial score (nSPS) is 15.1. The molecule has 5 heteroatoms. The number of amides is 1. The van der Waals surface area contributed by atoms with Crippen molar-refractivity contribution in [1.29, 1.82) is 0 Å². The van der Waals surface area contributed by atoms with Crippen LogP contribution in [0.4, 0.5) is 6.01 Å². The van der Waals surface area contributed by atoms with Crippen molar-refractivity contribution in [2.75, 3.05) is 24.5 Å². The van der Waals surface area contributed by atoms with Crippen LogP contribution in [0.2, 0.25) is 0 Å². The Balaban J connectivity index is 1.26. The second kappa shape index (κ2) is 8.46. The third-order valence-corrected chi connectivity index (χ3v) is 5.47. The molecule has 0 bridgehead atoms. The topological polar surface area (TPSA) is 58.4 Å². The Morgan fingerprint density at radius 2 is 1.89 bits per heavy atom. The van der Waals surface area contributed by atoms with Crippen molar-refractivity contribution in [3.8, 4) is 0 Å². The van der Waals surface area contributed by atoms with E-state index in [2.05, 4.69) is 34.3 Å². The van der Waals surface area contributed by atoms with E-state index in [0.29, 0.717) is 11.9 Å². The number of nitrogens with one attached hydrogen (secondary N) is 1. The van der Waals surface area contributed by atoms with E-state index in [1.807, 2.05) is 36.4 Å². The number of anilines is 1. The van der Waals surface area contributed by atoms with Crippen LogP contribution in [0.15, 0.2) is 52.9 Å². The van der Waals surface area contributed by atoms with Crippen molar-refractivity contribution in [2.45, 2.75) is 32.6 Å². The first-order valence-electron chi connectivity index (χ1n) is 10.2. The Morgan fingerprint density at radius 3 is 2.61 bits per heavy atom. The molecule has 1 aromatic heterocycles. The summed E-state index contributed by atoms with van der Waals surface area (Å²) in [5, 5.41) is 3.10. The minimum atomic E-state index is 0.0180. The van der Waals surface area contributed by atoms with Gasteiger partial charge >= 0.3 is 0 Å². The molecule has 1 N–H and O–H groups in total. The van der Waals surface area contributed by atoms with Gasteiger partial charge in [-0.15, -0.1) is 0 Å². The summed E-state index contributed by atoms with van der Waals surface area (Å²) < 4.78 is 5.87. The van der Waals surface area contributed by atoms with Gasteiger partial charge in [0.15, 0.2) is 5.58 Å². The fourth-order valence-electron chi connectivity index (χ4n) is 3.77. The van der Waals surface area contributed by atoms with E-state index in [-0.39, 0.29) is 5.91 Å². The van der Waals surface area contributed by atoms with Gasteiger partial charge in [-0.25, -0.2) is 0 Å². The largest absolute Gasteiger partial charge is 0.423 e. The van der Waals surface area contributed by atoms with Gasteiger partial charge in [0.05, 0.1) is 0 Å². The molecule has 146 valence electrons. The molecule has 0 saturated carbocycles. The number of carbonyl (C=O) groups excluding carboxylic acids is 1. The number of benzene rings is 2. The minimum Gasteiger partial charge on any atom is -0.423 e. The lowest BCUT2D eigenvalue weighted by molar-refractivity contribution is 0.0944. The summed E-state index contributed by atoms with van der Waals surface area (Å²) in [7, 11) is 0. The van der Waals surface area contributed by atoms with Crippen molar-refractivity contribution in [3.05, 3.63) is 59.7 Å². The maximum atomic E-state index is 12.4. The predicted octanol–water partition coefficient (Wildman–Crippen LogP) is 4.43. The Bertz CT molecular complexity index is 891. The number of piperidine rings is 1. The molecule has 0 atom stereocenters. The zero-order valence-corrected chi connectivity index (χ0v) is 16.4. The van der Waals surface area contributed by atoms with E-state index >= 15 is 0 Å². The van der Waals surface area contributed by atoms with Crippen LogP contribution in [0.1, 0.15) is 42.1 Å². The van der Waals surface area contributed by atoms with Crippen LogP contribution in [0, 0.1) is 5.92 Å². The number of carbonyl (C=O) groups is 1. The van der Waals surface area contributed by atoms with Gasteiger partial charge in [0, 0.05) is 25.2 Å². The number of para-hydroxylation sites is 2. The molecule has 0 radical (unpaired) electrons. The third-order valence-electron chi connectivity index (χ3n) is 5.47. The first-order valence-corrected chi connectivity index (χ1v) is 10.2. The molecule has 0 aliphatic carbocycles. The highest BCUT2D eigenvalue weighted by Crippen LogP contribution is 2.26. The second-order valence-electron chi connectivity index (χ2n) is 7.55. The molecule has 3 aromatic rings. The first kappa shape index (κ1) is 18.5. The summed E-state index contributed by atoms with van der Waals surface area (Å²) in [5.74, 6) is 0.508. The zero-order chi connectivity index (χ0) is 19.3. The quantitative estimate of drug-likeness (QED) is 0.690. The van der Waals surface area contributed by atoms with Crippen molar-refractivity contribution < 1.29 is 9.21 Å². The van der Waals surface area contributed by atoms with Gasteiger partial charge < -0.3 is 14.6 Å². The van der Waals surface area contributed by atoms with Crippen LogP contribution >= 0.6 is 0 Å². The molecular weight excluding hydrogens is 350 g/mol. The first-order chi connectivity index (χ1) is 13.7. The molecule has 0 spiro atoms. The molecule has 1 aliphatic heterocycles. The minimum absolute atomic E-state index is 0.0180. The molecule has 4 rings (SSSR count). The highest BCUT2D eigenvalue weighted by Gasteiger charge is 2.23. The average molecular weight is 377 g/mol. The summed E-state index contributed by atoms with van der Waals surface area (Å²) in [4.78, 5) is 19.2. The summed E-state index contributed by atoms with van der Waals surface area (Å²) in [6, 6.07) is 16.5. The smallest absolute Gasteiger partial charge is 0.298 e. The van der Waals surface area contributed by atoms with E-state index < -0.39 is 0 Å². The summed E-state index contributed by atoms with van der Waals surface area (Å²) in [5.41, 5.74) is 3.75. The number of hydrogen-bond donors (Lipinski definition) is 1. The highest BCUT2D eigenvalue weighted by molar-refractivity contribution is 5.94. The number of oxazole rings is 1. The van der Waals surface area contributed by atoms with E-state index in [1.165, 1.54) is 5.56 Å². The van der Waals surface area contributed by atoms with Crippen LogP contribution in [0.25, 0.3) is 11.1 Å². The van der Waals surface area contributed by atoms with Crippen LogP contribution in [0.5, 0.6) is 0 Å². The fraction of sp³-hybridized carbons (Fsp3) is 0.391. The molecule has 1 aliphatic rings. The van der Waals surface area contributed by atoms with Gasteiger partial charge in [-0.2, -0.15) is 4.98 Å². The Morgan fingerprint density at radius 1 is 1.14 bits per heavy atom. The SMILES string of the molecule is CCCc1ccc(C(=O)NCC2CCN(c3nc4ccccc4o3)CC2)cc1. The van der Waals surface area contributed by atoms with Gasteiger partial charge in [0.2, 0.25) is 0 Å². The molecule has 1 saturated heterocycles. The highest BCUT2D eigenvalue weighted by atomic mass is 16.4. The Kier molecular flexibility index (Phi) is 5.60. The molecule has 5 nitrogen and oxygen atoms in total. The standard InChI is InChI=1S/C23H27N3O2/c1-2-5-17-8-10-19(11-9-17)22(27)24-16-18-12-14-26(15-13-18)23-25-20-6-3-4-7-21(20)28-23/h3-4,6-11,18H,2,5,12-16H2,1H3,(H,24,27). The molecule has 0 unspecified atom stereocenters. The van der Waals surface area contributed by atoms with Crippen LogP contribution in [-0.4, -0.2) is 30.5 Å². The van der Waals surface area contributed by atoms with E-state index in [1.54, 1.807) is 0 Å². The molecule has 2 heterocycles. The lowest BCUT2D eigenvalue weighted by Gasteiger charge is -2.30. The van der Waals surface area contributed by atoms with Gasteiger partial charge in [-0.1, -0.05) is 37.6 Å². The molecule has 1 amide bonds. The van der Waals surface area contributed by atoms with Crippen molar-refractivity contribution >= 4 is 23.0 Å². The number of fused-ring (bicyclic) bond motifs is 1. The lowest BCUT2D eigenvalue weighted by Crippen LogP contribution is -2.38. The van der Waals surface area contributed by atoms with Gasteiger partial charge in [-0.3, -0.25) is 4.79 Å². The van der Waals surface area contributed by atoms with Crippen LogP contribution in [-0.2, 0) is 6.42 Å². The number of hydrogen-bond acceptors (Lipinski definition) is 4. The maximum Gasteiger partial charge on any atom is 0.298 e. The molecule has 2 aromatic carbocycles. The lowest BCUT2D eigenvalue weighted by atomic mass is 9.97. The predicted molar refractivity (Wildman–Crippen MR) is 112 cm³/mol. The number of aryl methyl sites for hydroxylation is 1. The number of nitrogens with zero attached hydrogens (tertiary/aromatic N) is 2. The average Bonchev–Trinajstić information content (AvgIpc) is 3.17. The van der Waals surface area contributed by atoms with Crippen molar-refractivity contribution in [1.82, 2.24) is 10.3 Å². The van der Waals surface area contributed by atoms with Gasteiger partial charge in [0.25, 0.3) is 11.9 Å². The summed E-state index contributed by atoms with van der Waals surface area (Å²) in [6.45, 7) is 4.69. The molecular formula is C23H27N3O2. The number of aromatic nitrogens is 1. The van der Waals surface area contributed by atoms with E-state index in [0.717, 1.165) is 62.0 Å². The fourth-order valence-corrected chi connectivity index (χ4v) is 3.77.